The lowest BCUT2D eigenvalue weighted by Crippen LogP contribution is -2.49. The van der Waals surface area contributed by atoms with Crippen molar-refractivity contribution in [1.82, 2.24) is 10.6 Å². The minimum Gasteiger partial charge on any atom is -0.394 e. The third-order valence-corrected chi connectivity index (χ3v) is 8.11. The number of amides is 2. The Kier molecular flexibility index (Phi) is 8.59. The van der Waals surface area contributed by atoms with Gasteiger partial charge in [-0.2, -0.15) is 0 Å². The second-order valence-corrected chi connectivity index (χ2v) is 12.3. The van der Waals surface area contributed by atoms with Gasteiger partial charge in [-0.15, -0.1) is 0 Å². The lowest BCUT2D eigenvalue weighted by atomic mass is 9.62. The zero-order chi connectivity index (χ0) is 28.7. The van der Waals surface area contributed by atoms with E-state index in [4.69, 9.17) is 28.3 Å². The summed E-state index contributed by atoms with van der Waals surface area (Å²) in [4.78, 5) is 27.7. The molecule has 5 N–H and O–H groups in total. The Hall–Kier alpha value is -2.30. The summed E-state index contributed by atoms with van der Waals surface area (Å²) in [6.45, 7) is 5.73. The summed E-state index contributed by atoms with van der Waals surface area (Å²) in [5, 5.41) is 27.3. The zero-order valence-electron chi connectivity index (χ0n) is 22.0. The quantitative estimate of drug-likeness (QED) is 0.298. The number of nitrogens with one attached hydrogen (secondary N) is 3. The standard InChI is InChI=1S/C28H33Cl2F2N3O4/c1-27(2,3)12-21-28(16-10-19(31)18(30)11-20(16)34-26(28)39)22(15-7-4-8-17(29)23(15)32)24(35-21)25(38)33-9-5-6-14(37)13-36/h4,7-8,10-11,14,21-22,24,35-37H,5-6,9,12-13H2,1-3H3,(H,33,38)(H,34,39)/t14-,21+,22-,24+,28-/m0/s1. The van der Waals surface area contributed by atoms with Crippen molar-refractivity contribution in [3.63, 3.8) is 0 Å². The first-order chi connectivity index (χ1) is 18.3. The molecule has 212 valence electrons. The number of carbonyl (C=O) groups excluding carboxylic acids is 2. The van der Waals surface area contributed by atoms with Gasteiger partial charge in [0.1, 0.15) is 17.0 Å². The van der Waals surface area contributed by atoms with Gasteiger partial charge < -0.3 is 26.2 Å². The van der Waals surface area contributed by atoms with Crippen LogP contribution in [-0.4, -0.2) is 53.4 Å². The van der Waals surface area contributed by atoms with Gasteiger partial charge in [-0.3, -0.25) is 9.59 Å². The Morgan fingerprint density at radius 3 is 2.59 bits per heavy atom. The van der Waals surface area contributed by atoms with E-state index in [2.05, 4.69) is 16.0 Å². The molecule has 2 heterocycles. The van der Waals surface area contributed by atoms with Gasteiger partial charge in [0.2, 0.25) is 11.8 Å². The van der Waals surface area contributed by atoms with Crippen LogP contribution in [0, 0.1) is 17.0 Å². The Morgan fingerprint density at radius 2 is 1.92 bits per heavy atom. The van der Waals surface area contributed by atoms with Crippen molar-refractivity contribution in [3.8, 4) is 0 Å². The second-order valence-electron chi connectivity index (χ2n) is 11.5. The predicted octanol–water partition coefficient (Wildman–Crippen LogP) is 4.27. The first kappa shape index (κ1) is 29.7. The predicted molar refractivity (Wildman–Crippen MR) is 146 cm³/mol. The van der Waals surface area contributed by atoms with Crippen LogP contribution >= 0.6 is 23.2 Å². The molecule has 7 nitrogen and oxygen atoms in total. The third kappa shape index (κ3) is 5.52. The number of hydrogen-bond donors (Lipinski definition) is 5. The van der Waals surface area contributed by atoms with Gasteiger partial charge in [0.15, 0.2) is 0 Å². The van der Waals surface area contributed by atoms with E-state index in [-0.39, 0.29) is 40.6 Å². The Morgan fingerprint density at radius 1 is 1.21 bits per heavy atom. The highest BCUT2D eigenvalue weighted by molar-refractivity contribution is 6.31. The minimum absolute atomic E-state index is 0.0561. The van der Waals surface area contributed by atoms with Crippen LogP contribution in [0.3, 0.4) is 0 Å². The van der Waals surface area contributed by atoms with Crippen LogP contribution < -0.4 is 16.0 Å². The largest absolute Gasteiger partial charge is 0.394 e. The van der Waals surface area contributed by atoms with Gasteiger partial charge >= 0.3 is 0 Å². The lowest BCUT2D eigenvalue weighted by molar-refractivity contribution is -0.123. The number of hydrogen-bond acceptors (Lipinski definition) is 5. The first-order valence-corrected chi connectivity index (χ1v) is 13.6. The number of anilines is 1. The van der Waals surface area contributed by atoms with E-state index in [1.807, 2.05) is 20.8 Å². The number of fused-ring (bicyclic) bond motifs is 2. The van der Waals surface area contributed by atoms with Gasteiger partial charge in [-0.25, -0.2) is 8.78 Å². The highest BCUT2D eigenvalue weighted by Gasteiger charge is 2.66. The maximum atomic E-state index is 15.7. The highest BCUT2D eigenvalue weighted by Crippen LogP contribution is 2.57. The maximum absolute atomic E-state index is 15.7. The average molecular weight is 584 g/mol. The molecule has 0 bridgehead atoms. The van der Waals surface area contributed by atoms with Crippen molar-refractivity contribution in [2.45, 2.75) is 69.6 Å². The molecule has 0 saturated carbocycles. The number of rotatable bonds is 8. The van der Waals surface area contributed by atoms with E-state index in [1.54, 1.807) is 6.07 Å². The van der Waals surface area contributed by atoms with Crippen LogP contribution in [-0.2, 0) is 15.0 Å². The molecule has 2 amide bonds. The average Bonchev–Trinajstić information content (AvgIpc) is 3.32. The second kappa shape index (κ2) is 11.3. The number of halogens is 4. The minimum atomic E-state index is -1.56. The van der Waals surface area contributed by atoms with Gasteiger partial charge in [-0.05, 0) is 54.0 Å². The summed E-state index contributed by atoms with van der Waals surface area (Å²) >= 11 is 12.2. The summed E-state index contributed by atoms with van der Waals surface area (Å²) in [5.41, 5.74) is -1.24. The summed E-state index contributed by atoms with van der Waals surface area (Å²) in [5.74, 6) is -3.56. The van der Waals surface area contributed by atoms with Crippen molar-refractivity contribution in [2.75, 3.05) is 18.5 Å². The number of carbonyl (C=O) groups is 2. The summed E-state index contributed by atoms with van der Waals surface area (Å²) < 4.78 is 30.6. The molecule has 0 unspecified atom stereocenters. The van der Waals surface area contributed by atoms with Crippen LogP contribution in [0.5, 0.6) is 0 Å². The van der Waals surface area contributed by atoms with Crippen LogP contribution in [0.25, 0.3) is 0 Å². The molecule has 5 atom stereocenters. The molecular weight excluding hydrogens is 551 g/mol. The molecule has 0 aromatic heterocycles. The van der Waals surface area contributed by atoms with Gasteiger partial charge in [0.05, 0.1) is 28.8 Å². The summed E-state index contributed by atoms with van der Waals surface area (Å²) in [7, 11) is 0. The molecule has 4 rings (SSSR count). The van der Waals surface area contributed by atoms with Crippen molar-refractivity contribution in [3.05, 3.63) is 63.1 Å². The molecule has 1 fully saturated rings. The fourth-order valence-electron chi connectivity index (χ4n) is 5.91. The summed E-state index contributed by atoms with van der Waals surface area (Å²) in [6, 6.07) is 5.18. The van der Waals surface area contributed by atoms with E-state index in [9.17, 15) is 19.1 Å². The van der Waals surface area contributed by atoms with Crippen molar-refractivity contribution in [1.29, 1.82) is 0 Å². The molecule has 0 aliphatic carbocycles. The molecule has 0 radical (unpaired) electrons. The molecule has 2 aliphatic rings. The normalized spacial score (nSPS) is 25.1. The highest BCUT2D eigenvalue weighted by atomic mass is 35.5. The fraction of sp³-hybridized carbons (Fsp3) is 0.500. The first-order valence-electron chi connectivity index (χ1n) is 12.9. The molecule has 1 spiro atoms. The van der Waals surface area contributed by atoms with E-state index in [0.29, 0.717) is 24.1 Å². The molecule has 2 aliphatic heterocycles. The Balaban J connectivity index is 1.87. The fourth-order valence-corrected chi connectivity index (χ4v) is 6.26. The van der Waals surface area contributed by atoms with E-state index < -0.39 is 53.0 Å². The number of benzene rings is 2. The van der Waals surface area contributed by atoms with E-state index >= 15 is 4.39 Å². The molecule has 2 aromatic rings. The third-order valence-electron chi connectivity index (χ3n) is 7.52. The van der Waals surface area contributed by atoms with Crippen LogP contribution in [0.15, 0.2) is 30.3 Å². The summed E-state index contributed by atoms with van der Waals surface area (Å²) in [6.07, 6.45) is 0.155. The SMILES string of the molecule is CC(C)(C)C[C@H]1N[C@@H](C(=O)NCCC[C@H](O)CO)[C@H](c2cccc(Cl)c2F)[C@@]12C(=O)Nc1cc(Cl)c(F)cc12. The maximum Gasteiger partial charge on any atom is 0.237 e. The van der Waals surface area contributed by atoms with Gasteiger partial charge in [0, 0.05) is 24.2 Å². The zero-order valence-corrected chi connectivity index (χ0v) is 23.5. The smallest absolute Gasteiger partial charge is 0.237 e. The van der Waals surface area contributed by atoms with Crippen LogP contribution in [0.1, 0.15) is 57.1 Å². The molecule has 39 heavy (non-hydrogen) atoms. The Labute approximate surface area is 236 Å². The lowest BCUT2D eigenvalue weighted by Gasteiger charge is -2.37. The van der Waals surface area contributed by atoms with Gasteiger partial charge in [0.25, 0.3) is 0 Å². The Bertz CT molecular complexity index is 1270. The van der Waals surface area contributed by atoms with Crippen LogP contribution in [0.2, 0.25) is 10.0 Å². The van der Waals surface area contributed by atoms with Crippen molar-refractivity contribution in [2.24, 2.45) is 5.41 Å². The molecule has 1 saturated heterocycles. The number of aliphatic hydroxyl groups excluding tert-OH is 2. The van der Waals surface area contributed by atoms with Crippen molar-refractivity contribution >= 4 is 40.7 Å². The molecule has 2 aromatic carbocycles. The topological polar surface area (TPSA) is 111 Å². The van der Waals surface area contributed by atoms with Crippen molar-refractivity contribution < 1.29 is 28.6 Å². The molecular formula is C28H33Cl2F2N3O4. The van der Waals surface area contributed by atoms with Gasteiger partial charge in [-0.1, -0.05) is 56.1 Å². The molecule has 11 heteroatoms. The number of aliphatic hydroxyl groups is 2. The monoisotopic (exact) mass is 583 g/mol. The van der Waals surface area contributed by atoms with E-state index in [1.165, 1.54) is 24.3 Å². The van der Waals surface area contributed by atoms with E-state index in [0.717, 1.165) is 0 Å². The van der Waals surface area contributed by atoms with Crippen LogP contribution in [0.4, 0.5) is 14.5 Å².